The number of anilines is 1. The van der Waals surface area contributed by atoms with E-state index in [4.69, 9.17) is 10.5 Å². The van der Waals surface area contributed by atoms with Crippen LogP contribution in [0.1, 0.15) is 22.8 Å². The molecule has 6 nitrogen and oxygen atoms in total. The Labute approximate surface area is 206 Å². The molecular weight excluding hydrogens is 500 g/mol. The van der Waals surface area contributed by atoms with E-state index in [1.54, 1.807) is 12.1 Å². The van der Waals surface area contributed by atoms with Crippen LogP contribution in [0.3, 0.4) is 0 Å². The van der Waals surface area contributed by atoms with E-state index in [0.717, 1.165) is 18.4 Å². The molecule has 37 heavy (non-hydrogen) atoms. The maximum absolute atomic E-state index is 13.5. The second-order valence-corrected chi connectivity index (χ2v) is 8.49. The monoisotopic (exact) mass is 519 g/mol. The van der Waals surface area contributed by atoms with Crippen molar-refractivity contribution in [3.63, 3.8) is 0 Å². The van der Waals surface area contributed by atoms with Crippen LogP contribution in [-0.2, 0) is 17.1 Å². The minimum absolute atomic E-state index is 0.00131. The first-order valence-corrected chi connectivity index (χ1v) is 11.1. The average molecular weight is 519 g/mol. The maximum Gasteiger partial charge on any atom is 0.416 e. The van der Waals surface area contributed by atoms with Crippen molar-refractivity contribution in [2.75, 3.05) is 25.4 Å². The summed E-state index contributed by atoms with van der Waals surface area (Å²) in [5.74, 6) is -0.123. The Kier molecular flexibility index (Phi) is 6.24. The van der Waals surface area contributed by atoms with Crippen LogP contribution in [0.25, 0.3) is 33.4 Å². The van der Waals surface area contributed by atoms with Crippen molar-refractivity contribution in [1.82, 2.24) is 20.3 Å². The molecule has 1 fully saturated rings. The molecule has 1 unspecified atom stereocenters. The lowest BCUT2D eigenvalue weighted by molar-refractivity contribution is -0.143. The van der Waals surface area contributed by atoms with Crippen LogP contribution in [0.5, 0.6) is 0 Å². The van der Waals surface area contributed by atoms with Crippen molar-refractivity contribution in [3.05, 3.63) is 71.5 Å². The van der Waals surface area contributed by atoms with Crippen LogP contribution >= 0.6 is 0 Å². The molecule has 0 saturated carbocycles. The molecule has 0 bridgehead atoms. The van der Waals surface area contributed by atoms with Gasteiger partial charge < -0.3 is 15.8 Å². The third-order valence-electron chi connectivity index (χ3n) is 6.04. The number of fused-ring (bicyclic) bond motifs is 1. The molecule has 0 aliphatic carbocycles. The maximum atomic E-state index is 13.5. The third kappa shape index (κ3) is 5.07. The van der Waals surface area contributed by atoms with Gasteiger partial charge in [0.1, 0.15) is 12.1 Å². The number of nitrogens with two attached hydrogens (primary N) is 1. The summed E-state index contributed by atoms with van der Waals surface area (Å²) < 4.78 is 87.0. The first-order valence-electron chi connectivity index (χ1n) is 11.1. The molecule has 3 heterocycles. The Bertz CT molecular complexity index is 1420. The fraction of sp³-hybridized carbons (Fsp3) is 0.240. The Balaban J connectivity index is 1.68. The van der Waals surface area contributed by atoms with Gasteiger partial charge in [-0.3, -0.25) is 0 Å². The molecule has 1 atom stereocenters. The fourth-order valence-corrected chi connectivity index (χ4v) is 4.22. The molecule has 1 aliphatic rings. The SMILES string of the molecule is Nc1ncnc2nc(-c3ccc(C4CNCCO4)cc3)cc(-c3cc(C(F)(F)F)cc(C(F)(F)F)c3)c12. The lowest BCUT2D eigenvalue weighted by atomic mass is 9.95. The number of nitrogens with one attached hydrogen (secondary N) is 1. The number of hydrogen-bond acceptors (Lipinski definition) is 6. The van der Waals surface area contributed by atoms with E-state index < -0.39 is 23.5 Å². The molecule has 0 amide bonds. The molecule has 4 aromatic rings. The van der Waals surface area contributed by atoms with Gasteiger partial charge in [0.15, 0.2) is 5.65 Å². The number of halogens is 6. The zero-order valence-electron chi connectivity index (χ0n) is 19.0. The number of rotatable bonds is 3. The van der Waals surface area contributed by atoms with E-state index in [0.29, 0.717) is 36.5 Å². The second-order valence-electron chi connectivity index (χ2n) is 8.49. The average Bonchev–Trinajstić information content (AvgIpc) is 2.87. The van der Waals surface area contributed by atoms with Crippen molar-refractivity contribution in [2.24, 2.45) is 0 Å². The van der Waals surface area contributed by atoms with Gasteiger partial charge >= 0.3 is 12.4 Å². The van der Waals surface area contributed by atoms with E-state index in [1.165, 1.54) is 6.07 Å². The summed E-state index contributed by atoms with van der Waals surface area (Å²) in [7, 11) is 0. The third-order valence-corrected chi connectivity index (χ3v) is 6.04. The van der Waals surface area contributed by atoms with E-state index in [9.17, 15) is 26.3 Å². The highest BCUT2D eigenvalue weighted by Crippen LogP contribution is 2.41. The zero-order valence-corrected chi connectivity index (χ0v) is 19.0. The molecule has 3 N–H and O–H groups in total. The highest BCUT2D eigenvalue weighted by molar-refractivity contribution is 6.01. The molecule has 0 spiro atoms. The molecule has 1 saturated heterocycles. The topological polar surface area (TPSA) is 86.0 Å². The van der Waals surface area contributed by atoms with Crippen LogP contribution in [0, 0.1) is 0 Å². The largest absolute Gasteiger partial charge is 0.416 e. The Morgan fingerprint density at radius 2 is 1.54 bits per heavy atom. The summed E-state index contributed by atoms with van der Waals surface area (Å²) in [6, 6.07) is 9.94. The van der Waals surface area contributed by atoms with E-state index in [1.807, 2.05) is 12.1 Å². The highest BCUT2D eigenvalue weighted by atomic mass is 19.4. The standard InChI is InChI=1S/C25H19F6N5O/c26-24(27,28)16-7-15(8-17(9-16)25(29,30)31)18-10-19(36-23-21(18)22(32)34-12-35-23)13-1-3-14(4-2-13)20-11-33-5-6-37-20/h1-4,7-10,12,20,33H,5-6,11H2,(H2,32,34,35,36). The lowest BCUT2D eigenvalue weighted by Crippen LogP contribution is -2.33. The zero-order chi connectivity index (χ0) is 26.4. The first-order chi connectivity index (χ1) is 17.5. The van der Waals surface area contributed by atoms with Crippen molar-refractivity contribution in [2.45, 2.75) is 18.5 Å². The summed E-state index contributed by atoms with van der Waals surface area (Å²) >= 11 is 0. The highest BCUT2D eigenvalue weighted by Gasteiger charge is 2.37. The molecule has 2 aromatic carbocycles. The molecular formula is C25H19F6N5O. The number of nitrogen functional groups attached to an aromatic ring is 1. The van der Waals surface area contributed by atoms with Gasteiger partial charge in [-0.25, -0.2) is 15.0 Å². The van der Waals surface area contributed by atoms with E-state index in [-0.39, 0.29) is 40.1 Å². The van der Waals surface area contributed by atoms with Gasteiger partial charge in [-0.1, -0.05) is 24.3 Å². The number of aromatic nitrogens is 3. The van der Waals surface area contributed by atoms with Gasteiger partial charge in [-0.2, -0.15) is 26.3 Å². The number of alkyl halides is 6. The van der Waals surface area contributed by atoms with Gasteiger partial charge in [0.25, 0.3) is 0 Å². The minimum Gasteiger partial charge on any atom is -0.383 e. The van der Waals surface area contributed by atoms with Gasteiger partial charge in [-0.05, 0) is 41.0 Å². The molecule has 12 heteroatoms. The predicted molar refractivity (Wildman–Crippen MR) is 124 cm³/mol. The van der Waals surface area contributed by atoms with Crippen LogP contribution in [0.2, 0.25) is 0 Å². The normalized spacial score (nSPS) is 16.8. The summed E-state index contributed by atoms with van der Waals surface area (Å²) in [5, 5.41) is 3.29. The summed E-state index contributed by atoms with van der Waals surface area (Å²) in [5.41, 5.74) is 4.58. The summed E-state index contributed by atoms with van der Waals surface area (Å²) in [4.78, 5) is 12.4. The number of nitrogens with zero attached hydrogens (tertiary/aromatic N) is 3. The molecule has 5 rings (SSSR count). The lowest BCUT2D eigenvalue weighted by Gasteiger charge is -2.24. The molecule has 192 valence electrons. The van der Waals surface area contributed by atoms with Crippen LogP contribution in [0.4, 0.5) is 32.2 Å². The predicted octanol–water partition coefficient (Wildman–Crippen LogP) is 5.64. The van der Waals surface area contributed by atoms with Crippen LogP contribution < -0.4 is 11.1 Å². The summed E-state index contributed by atoms with van der Waals surface area (Å²) in [6.45, 7) is 1.97. The number of morpholine rings is 1. The number of hydrogen-bond donors (Lipinski definition) is 2. The van der Waals surface area contributed by atoms with Gasteiger partial charge in [0.2, 0.25) is 0 Å². The van der Waals surface area contributed by atoms with E-state index in [2.05, 4.69) is 20.3 Å². The second kappa shape index (κ2) is 9.27. The summed E-state index contributed by atoms with van der Waals surface area (Å²) in [6.07, 6.45) is -9.02. The number of pyridine rings is 1. The van der Waals surface area contributed by atoms with Gasteiger partial charge in [0, 0.05) is 18.7 Å². The van der Waals surface area contributed by atoms with Crippen LogP contribution in [0.15, 0.2) is 54.9 Å². The molecule has 0 radical (unpaired) electrons. The van der Waals surface area contributed by atoms with Crippen molar-refractivity contribution in [1.29, 1.82) is 0 Å². The first kappa shape index (κ1) is 24.9. The van der Waals surface area contributed by atoms with Crippen molar-refractivity contribution < 1.29 is 31.1 Å². The minimum atomic E-state index is -5.00. The molecule has 2 aromatic heterocycles. The smallest absolute Gasteiger partial charge is 0.383 e. The Morgan fingerprint density at radius 3 is 2.14 bits per heavy atom. The quantitative estimate of drug-likeness (QED) is 0.341. The number of ether oxygens (including phenoxy) is 1. The van der Waals surface area contributed by atoms with Gasteiger partial charge in [0.05, 0.1) is 34.9 Å². The Morgan fingerprint density at radius 1 is 0.865 bits per heavy atom. The Hall–Kier alpha value is -3.77. The van der Waals surface area contributed by atoms with Gasteiger partial charge in [-0.15, -0.1) is 0 Å². The molecule has 1 aliphatic heterocycles. The van der Waals surface area contributed by atoms with E-state index >= 15 is 0 Å². The number of benzene rings is 2. The van der Waals surface area contributed by atoms with Crippen molar-refractivity contribution in [3.8, 4) is 22.4 Å². The van der Waals surface area contributed by atoms with Crippen molar-refractivity contribution >= 4 is 16.9 Å². The van der Waals surface area contributed by atoms with Crippen LogP contribution in [-0.4, -0.2) is 34.6 Å². The fourth-order valence-electron chi connectivity index (χ4n) is 4.22.